The van der Waals surface area contributed by atoms with Crippen molar-refractivity contribution in [2.75, 3.05) is 30.7 Å². The molecule has 47 heavy (non-hydrogen) atoms. The van der Waals surface area contributed by atoms with E-state index in [1.807, 2.05) is 29.9 Å². The number of aromatic nitrogens is 2. The van der Waals surface area contributed by atoms with Crippen LogP contribution >= 0.6 is 11.3 Å². The second kappa shape index (κ2) is 14.3. The molecule has 2 aromatic heterocycles. The van der Waals surface area contributed by atoms with Crippen molar-refractivity contribution in [2.24, 2.45) is 17.9 Å². The molecule has 4 rings (SSSR count). The lowest BCUT2D eigenvalue weighted by Gasteiger charge is -2.50. The Balaban J connectivity index is 1.44. The number of β-lactam (4-membered cyclic amide) rings is 1. The molecular weight excluding hydrogens is 660 g/mol. The number of carboxylic acids is 1. The van der Waals surface area contributed by atoms with Gasteiger partial charge in [0.05, 0.1) is 25.3 Å². The lowest BCUT2D eigenvalue weighted by molar-refractivity contribution is -0.656. The molecule has 0 spiro atoms. The summed E-state index contributed by atoms with van der Waals surface area (Å²) in [5.74, 6) is -2.23. The number of ether oxygens (including phenoxy) is 1. The molecule has 0 radical (unpaired) electrons. The summed E-state index contributed by atoms with van der Waals surface area (Å²) in [6.07, 6.45) is 0.261. The van der Waals surface area contributed by atoms with E-state index in [9.17, 15) is 27.9 Å². The SMILES string of the molecule is C[n+]1cc(-c2ccc(OC[C@H](O/N=C(\C(=O)N[C@@H]3C(=O)N(OS(=O)(=O)O)C3(C)C)c3csc(N)n3)C(=O)O)cc2)ccc1NCCN. The van der Waals surface area contributed by atoms with Gasteiger partial charge in [-0.15, -0.1) is 15.6 Å². The van der Waals surface area contributed by atoms with Crippen LogP contribution in [-0.4, -0.2) is 89.0 Å². The number of hydrogen-bond acceptors (Lipinski definition) is 14. The first-order chi connectivity index (χ1) is 22.1. The second-order valence-corrected chi connectivity index (χ2v) is 12.5. The Hall–Kier alpha value is -4.89. The quantitative estimate of drug-likeness (QED) is 0.0392. The number of carboxylic acid groups (broad SMARTS) is 1. The fourth-order valence-electron chi connectivity index (χ4n) is 4.36. The van der Waals surface area contributed by atoms with Crippen molar-refractivity contribution in [1.29, 1.82) is 0 Å². The maximum Gasteiger partial charge on any atom is 0.418 e. The predicted molar refractivity (Wildman–Crippen MR) is 167 cm³/mol. The number of aliphatic carboxylic acids is 1. The highest BCUT2D eigenvalue weighted by atomic mass is 32.3. The summed E-state index contributed by atoms with van der Waals surface area (Å²) >= 11 is 0.958. The number of oxime groups is 1. The lowest BCUT2D eigenvalue weighted by atomic mass is 9.84. The summed E-state index contributed by atoms with van der Waals surface area (Å²) < 4.78 is 43.0. The normalized spacial score (nSPS) is 16.6. The molecule has 3 heterocycles. The van der Waals surface area contributed by atoms with Crippen LogP contribution in [0.1, 0.15) is 19.5 Å². The summed E-state index contributed by atoms with van der Waals surface area (Å²) in [7, 11) is -3.12. The van der Waals surface area contributed by atoms with Crippen LogP contribution in [0.5, 0.6) is 5.75 Å². The maximum atomic E-state index is 13.2. The number of carbonyl (C=O) groups excluding carboxylic acids is 2. The topological polar surface area (TPSA) is 262 Å². The van der Waals surface area contributed by atoms with E-state index in [2.05, 4.69) is 25.1 Å². The number of thiazole rings is 1. The van der Waals surface area contributed by atoms with Crippen LogP contribution in [0, 0.1) is 0 Å². The van der Waals surface area contributed by atoms with Crippen LogP contribution in [0.25, 0.3) is 11.1 Å². The number of amides is 2. The number of anilines is 2. The molecule has 0 saturated carbocycles. The highest BCUT2D eigenvalue weighted by molar-refractivity contribution is 7.80. The number of rotatable bonds is 15. The third-order valence-corrected chi connectivity index (χ3v) is 7.83. The highest BCUT2D eigenvalue weighted by Crippen LogP contribution is 2.33. The summed E-state index contributed by atoms with van der Waals surface area (Å²) in [6, 6.07) is 9.45. The Morgan fingerprint density at radius 2 is 1.89 bits per heavy atom. The van der Waals surface area contributed by atoms with Crippen molar-refractivity contribution in [3.63, 3.8) is 0 Å². The minimum Gasteiger partial charge on any atom is -0.489 e. The molecule has 0 unspecified atom stereocenters. The first kappa shape index (κ1) is 35.0. The number of pyridine rings is 1. The Kier molecular flexibility index (Phi) is 10.6. The van der Waals surface area contributed by atoms with E-state index in [1.165, 1.54) is 19.2 Å². The predicted octanol–water partition coefficient (Wildman–Crippen LogP) is -0.320. The Morgan fingerprint density at radius 1 is 1.21 bits per heavy atom. The van der Waals surface area contributed by atoms with Gasteiger partial charge in [0.1, 0.15) is 24.1 Å². The second-order valence-electron chi connectivity index (χ2n) is 10.6. The van der Waals surface area contributed by atoms with Crippen LogP contribution in [0.2, 0.25) is 0 Å². The van der Waals surface area contributed by atoms with Crippen molar-refractivity contribution in [1.82, 2.24) is 15.4 Å². The van der Waals surface area contributed by atoms with Gasteiger partial charge < -0.3 is 31.5 Å². The Bertz CT molecular complexity index is 1780. The average Bonchev–Trinajstić information content (AvgIpc) is 3.44. The molecule has 2 atom stereocenters. The fraction of sp³-hybridized carbons (Fsp3) is 0.333. The van der Waals surface area contributed by atoms with Gasteiger partial charge in [0.2, 0.25) is 0 Å². The molecule has 20 heteroatoms. The van der Waals surface area contributed by atoms with E-state index in [-0.39, 0.29) is 10.8 Å². The molecule has 2 amide bonds. The van der Waals surface area contributed by atoms with E-state index in [4.69, 9.17) is 25.6 Å². The highest BCUT2D eigenvalue weighted by Gasteiger charge is 2.58. The summed E-state index contributed by atoms with van der Waals surface area (Å²) in [4.78, 5) is 46.8. The number of hydrogen-bond donors (Lipinski definition) is 6. The standard InChI is InChI=1S/C27H32N8O10S2/c1-27(2)22(24(37)35(27)45-47(40,41)42)32-23(36)21(18-14-46-26(29)31-18)33-44-19(25(38)39)13-43-17-7-4-15(5-8-17)16-6-9-20(30-11-10-28)34(3)12-16/h4-9,12,14,19,22H,10-11,13,28H2,1-3H3,(H5,29,31,32,36,38,39,40,41,42)/p+1/b33-21-/t19-,22+/m0/s1. The molecular formula is C27H33N8O10S2+. The van der Waals surface area contributed by atoms with Gasteiger partial charge in [-0.25, -0.2) is 14.3 Å². The molecule has 8 N–H and O–H groups in total. The van der Waals surface area contributed by atoms with Crippen molar-refractivity contribution in [3.05, 3.63) is 53.7 Å². The first-order valence-electron chi connectivity index (χ1n) is 13.8. The number of nitrogens with one attached hydrogen (secondary N) is 2. The molecule has 1 fully saturated rings. The van der Waals surface area contributed by atoms with Gasteiger partial charge in [0.15, 0.2) is 10.8 Å². The Labute approximate surface area is 272 Å². The zero-order valence-electron chi connectivity index (χ0n) is 25.3. The smallest absolute Gasteiger partial charge is 0.418 e. The van der Waals surface area contributed by atoms with Gasteiger partial charge in [-0.1, -0.05) is 17.3 Å². The third-order valence-electron chi connectivity index (χ3n) is 6.82. The number of hydroxylamine groups is 2. The van der Waals surface area contributed by atoms with Crippen LogP contribution < -0.4 is 31.4 Å². The van der Waals surface area contributed by atoms with Gasteiger partial charge >= 0.3 is 16.4 Å². The van der Waals surface area contributed by atoms with Gasteiger partial charge in [0, 0.05) is 23.6 Å². The van der Waals surface area contributed by atoms with Crippen molar-refractivity contribution in [2.45, 2.75) is 31.5 Å². The summed E-state index contributed by atoms with van der Waals surface area (Å²) in [6.45, 7) is 3.36. The molecule has 3 aromatic rings. The number of benzene rings is 1. The molecule has 1 aromatic carbocycles. The van der Waals surface area contributed by atoms with E-state index in [1.54, 1.807) is 24.3 Å². The maximum absolute atomic E-state index is 13.2. The van der Waals surface area contributed by atoms with Crippen LogP contribution in [0.3, 0.4) is 0 Å². The van der Waals surface area contributed by atoms with Crippen LogP contribution in [0.15, 0.2) is 53.1 Å². The van der Waals surface area contributed by atoms with Gasteiger partial charge in [-0.05, 0) is 37.6 Å². The summed E-state index contributed by atoms with van der Waals surface area (Å²) in [5.41, 5.74) is 11.0. The molecule has 1 aliphatic heterocycles. The van der Waals surface area contributed by atoms with Gasteiger partial charge in [0.25, 0.3) is 23.7 Å². The molecule has 1 aliphatic rings. The number of nitrogens with two attached hydrogens (primary N) is 2. The molecule has 0 aliphatic carbocycles. The summed E-state index contributed by atoms with van der Waals surface area (Å²) in [5, 5.41) is 20.8. The minimum atomic E-state index is -5.02. The minimum absolute atomic E-state index is 0.0582. The zero-order valence-corrected chi connectivity index (χ0v) is 26.9. The number of aryl methyl sites for hydroxylation is 1. The molecule has 1 saturated heterocycles. The van der Waals surface area contributed by atoms with Crippen molar-refractivity contribution < 1.29 is 50.9 Å². The lowest BCUT2D eigenvalue weighted by Crippen LogP contribution is -2.76. The van der Waals surface area contributed by atoms with Gasteiger partial charge in [-0.3, -0.25) is 19.5 Å². The van der Waals surface area contributed by atoms with Crippen LogP contribution in [-0.2, 0) is 41.0 Å². The average molecular weight is 694 g/mol. The van der Waals surface area contributed by atoms with E-state index < -0.39 is 58.2 Å². The number of carbonyl (C=O) groups is 3. The fourth-order valence-corrected chi connectivity index (χ4v) is 5.36. The van der Waals surface area contributed by atoms with Crippen molar-refractivity contribution >= 4 is 56.2 Å². The van der Waals surface area contributed by atoms with E-state index in [0.29, 0.717) is 23.9 Å². The first-order valence-corrected chi connectivity index (χ1v) is 16.0. The number of nitrogen functional groups attached to an aromatic ring is 1. The molecule has 18 nitrogen and oxygen atoms in total. The Morgan fingerprint density at radius 3 is 2.45 bits per heavy atom. The zero-order chi connectivity index (χ0) is 34.5. The monoisotopic (exact) mass is 693 g/mol. The van der Waals surface area contributed by atoms with E-state index in [0.717, 1.165) is 28.3 Å². The number of nitrogens with zero attached hydrogens (tertiary/aromatic N) is 4. The largest absolute Gasteiger partial charge is 0.489 e. The third kappa shape index (κ3) is 8.48. The van der Waals surface area contributed by atoms with E-state index >= 15 is 0 Å². The molecule has 252 valence electrons. The molecule has 0 bridgehead atoms. The van der Waals surface area contributed by atoms with Gasteiger partial charge in [-0.2, -0.15) is 13.5 Å². The van der Waals surface area contributed by atoms with Crippen LogP contribution in [0.4, 0.5) is 10.9 Å². The van der Waals surface area contributed by atoms with Crippen molar-refractivity contribution in [3.8, 4) is 16.9 Å².